The Morgan fingerprint density at radius 3 is 2.61 bits per heavy atom. The summed E-state index contributed by atoms with van der Waals surface area (Å²) < 4.78 is 4.65. The molecule has 0 spiro atoms. The van der Waals surface area contributed by atoms with E-state index in [1.807, 2.05) is 61.5 Å². The van der Waals surface area contributed by atoms with Crippen LogP contribution in [0.5, 0.6) is 0 Å². The van der Waals surface area contributed by atoms with Crippen LogP contribution in [0.4, 0.5) is 4.79 Å². The van der Waals surface area contributed by atoms with Gasteiger partial charge in [-0.25, -0.2) is 4.79 Å². The molecule has 9 nitrogen and oxygen atoms in total. The second-order valence-corrected chi connectivity index (χ2v) is 9.62. The number of ether oxygens (including phenoxy) is 1. The molecule has 3 amide bonds. The fraction of sp³-hybridized carbons (Fsp3) is 0.435. The maximum absolute atomic E-state index is 13.2. The summed E-state index contributed by atoms with van der Waals surface area (Å²) in [5.74, 6) is -0.620. The van der Waals surface area contributed by atoms with Crippen molar-refractivity contribution >= 4 is 35.4 Å². The van der Waals surface area contributed by atoms with Gasteiger partial charge in [0.25, 0.3) is 0 Å². The number of fused-ring (bicyclic) bond motifs is 1. The van der Waals surface area contributed by atoms with Crippen LogP contribution in [0, 0.1) is 5.92 Å². The fourth-order valence-corrected chi connectivity index (χ4v) is 5.18. The number of thioether (sulfide) groups is 1. The second kappa shape index (κ2) is 9.78. The van der Waals surface area contributed by atoms with Gasteiger partial charge in [0, 0.05) is 18.9 Å². The summed E-state index contributed by atoms with van der Waals surface area (Å²) in [5, 5.41) is 9.76. The minimum atomic E-state index is -0.748. The van der Waals surface area contributed by atoms with Crippen LogP contribution in [0.1, 0.15) is 32.3 Å². The average Bonchev–Trinajstić information content (AvgIpc) is 3.52. The molecule has 1 fully saturated rings. The largest absolute Gasteiger partial charge is 0.453 e. The fourth-order valence-electron chi connectivity index (χ4n) is 4.17. The molecule has 3 aliphatic rings. The van der Waals surface area contributed by atoms with Crippen molar-refractivity contribution in [3.8, 4) is 0 Å². The van der Waals surface area contributed by atoms with Gasteiger partial charge in [-0.2, -0.15) is 0 Å². The molecule has 0 bridgehead atoms. The van der Waals surface area contributed by atoms with Gasteiger partial charge in [-0.15, -0.1) is 0 Å². The van der Waals surface area contributed by atoms with Gasteiger partial charge in [0.1, 0.15) is 12.1 Å². The van der Waals surface area contributed by atoms with Crippen molar-refractivity contribution in [2.75, 3.05) is 13.7 Å². The quantitative estimate of drug-likeness (QED) is 0.585. The lowest BCUT2D eigenvalue weighted by molar-refractivity contribution is -0.140. The number of amides is 3. The van der Waals surface area contributed by atoms with Gasteiger partial charge in [-0.1, -0.05) is 55.9 Å². The Hall–Kier alpha value is -3.14. The van der Waals surface area contributed by atoms with Crippen LogP contribution in [0.3, 0.4) is 0 Å². The number of alkyl carbamates (subject to hydrolysis) is 1. The van der Waals surface area contributed by atoms with Crippen LogP contribution in [-0.2, 0) is 14.3 Å². The van der Waals surface area contributed by atoms with E-state index in [2.05, 4.69) is 20.7 Å². The van der Waals surface area contributed by atoms with Crippen molar-refractivity contribution in [1.29, 1.82) is 0 Å². The number of nitrogens with zero attached hydrogens (tertiary/aromatic N) is 2. The molecular formula is C23H29N5O4S. The maximum atomic E-state index is 13.2. The number of carbonyl (C=O) groups excluding carboxylic acids is 3. The first-order valence-electron chi connectivity index (χ1n) is 11.0. The SMILES string of the molecule is COC(=O)N[C@H](C(=O)N1CCC[C@H]1C(=O)NC1=CN2C=C(c3ccccc3)NC2S1)C(C)C. The second-order valence-electron chi connectivity index (χ2n) is 8.50. The maximum Gasteiger partial charge on any atom is 0.407 e. The first-order chi connectivity index (χ1) is 15.9. The highest BCUT2D eigenvalue weighted by molar-refractivity contribution is 8.03. The molecule has 3 atom stereocenters. The first-order valence-corrected chi connectivity index (χ1v) is 11.9. The summed E-state index contributed by atoms with van der Waals surface area (Å²) in [5.41, 5.74) is 2.11. The summed E-state index contributed by atoms with van der Waals surface area (Å²) in [7, 11) is 1.26. The minimum absolute atomic E-state index is 0.0219. The summed E-state index contributed by atoms with van der Waals surface area (Å²) >= 11 is 1.51. The Bertz CT molecular complexity index is 980. The van der Waals surface area contributed by atoms with E-state index in [1.165, 1.54) is 18.9 Å². The monoisotopic (exact) mass is 471 g/mol. The highest BCUT2D eigenvalue weighted by atomic mass is 32.2. The number of benzene rings is 1. The van der Waals surface area contributed by atoms with Gasteiger partial charge in [0.15, 0.2) is 5.50 Å². The Morgan fingerprint density at radius 1 is 1.18 bits per heavy atom. The molecule has 0 aliphatic carbocycles. The molecule has 1 aromatic rings. The van der Waals surface area contributed by atoms with Crippen molar-refractivity contribution in [2.45, 2.75) is 44.3 Å². The van der Waals surface area contributed by atoms with E-state index in [9.17, 15) is 14.4 Å². The molecule has 3 N–H and O–H groups in total. The molecule has 10 heteroatoms. The minimum Gasteiger partial charge on any atom is -0.453 e. The van der Waals surface area contributed by atoms with Crippen LogP contribution < -0.4 is 16.0 Å². The number of nitrogens with one attached hydrogen (secondary N) is 3. The third-order valence-electron chi connectivity index (χ3n) is 5.89. The van der Waals surface area contributed by atoms with Crippen molar-refractivity contribution in [2.24, 2.45) is 5.92 Å². The van der Waals surface area contributed by atoms with Gasteiger partial charge in [0.05, 0.1) is 17.8 Å². The third kappa shape index (κ3) is 4.95. The normalized spacial score (nSPS) is 22.3. The summed E-state index contributed by atoms with van der Waals surface area (Å²) in [6.45, 7) is 4.18. The van der Waals surface area contributed by atoms with E-state index in [1.54, 1.807) is 4.90 Å². The zero-order valence-corrected chi connectivity index (χ0v) is 19.7. The summed E-state index contributed by atoms with van der Waals surface area (Å²) in [6.07, 6.45) is 4.57. The van der Waals surface area contributed by atoms with Gasteiger partial charge >= 0.3 is 6.09 Å². The van der Waals surface area contributed by atoms with Gasteiger partial charge in [-0.05, 0) is 24.3 Å². The van der Waals surface area contributed by atoms with Crippen LogP contribution in [-0.4, -0.2) is 58.9 Å². The van der Waals surface area contributed by atoms with E-state index in [4.69, 9.17) is 0 Å². The zero-order chi connectivity index (χ0) is 23.5. The Morgan fingerprint density at radius 2 is 1.94 bits per heavy atom. The van der Waals surface area contributed by atoms with Gasteiger partial charge in [-0.3, -0.25) is 9.59 Å². The Balaban J connectivity index is 1.40. The Kier molecular flexibility index (Phi) is 6.83. The van der Waals surface area contributed by atoms with Gasteiger partial charge in [0.2, 0.25) is 11.8 Å². The van der Waals surface area contributed by atoms with E-state index in [0.717, 1.165) is 22.7 Å². The predicted molar refractivity (Wildman–Crippen MR) is 126 cm³/mol. The molecule has 0 aromatic heterocycles. The van der Waals surface area contributed by atoms with E-state index >= 15 is 0 Å². The van der Waals surface area contributed by atoms with Crippen LogP contribution in [0.25, 0.3) is 5.70 Å². The van der Waals surface area contributed by atoms with Crippen molar-refractivity contribution < 1.29 is 19.1 Å². The highest BCUT2D eigenvalue weighted by Gasteiger charge is 2.40. The molecule has 1 aromatic carbocycles. The predicted octanol–water partition coefficient (Wildman–Crippen LogP) is 2.21. The lowest BCUT2D eigenvalue weighted by atomic mass is 10.0. The number of methoxy groups -OCH3 is 1. The average molecular weight is 472 g/mol. The molecule has 1 unspecified atom stereocenters. The zero-order valence-electron chi connectivity index (χ0n) is 18.9. The van der Waals surface area contributed by atoms with Crippen molar-refractivity contribution in [3.05, 3.63) is 53.3 Å². The molecule has 4 rings (SSSR count). The van der Waals surface area contributed by atoms with Crippen LogP contribution in [0.2, 0.25) is 0 Å². The van der Waals surface area contributed by atoms with Crippen LogP contribution >= 0.6 is 11.8 Å². The van der Waals surface area contributed by atoms with E-state index < -0.39 is 18.2 Å². The molecule has 3 heterocycles. The molecule has 0 saturated carbocycles. The van der Waals surface area contributed by atoms with Crippen molar-refractivity contribution in [1.82, 2.24) is 25.8 Å². The topological polar surface area (TPSA) is 103 Å². The highest BCUT2D eigenvalue weighted by Crippen LogP contribution is 2.36. The smallest absolute Gasteiger partial charge is 0.407 e. The molecule has 1 saturated heterocycles. The standard InChI is InChI=1S/C23H29N5O4S/c1-14(2)19(26-23(31)32-3)21(30)28-11-7-10-17(28)20(29)25-18-13-27-12-16(24-22(27)33-18)15-8-5-4-6-9-15/h4-6,8-9,12-14,17,19,22,24H,7,10-11H2,1-3H3,(H,25,29)(H,26,31)/t17-,19-,22?/m0/s1. The molecule has 3 aliphatic heterocycles. The number of rotatable bonds is 6. The van der Waals surface area contributed by atoms with Crippen molar-refractivity contribution in [3.63, 3.8) is 0 Å². The van der Waals surface area contributed by atoms with Crippen LogP contribution in [0.15, 0.2) is 47.8 Å². The third-order valence-corrected chi connectivity index (χ3v) is 6.94. The number of hydrogen-bond acceptors (Lipinski definition) is 7. The number of hydrogen-bond donors (Lipinski definition) is 3. The lowest BCUT2D eigenvalue weighted by Crippen LogP contribution is -2.55. The lowest BCUT2D eigenvalue weighted by Gasteiger charge is -2.30. The molecule has 33 heavy (non-hydrogen) atoms. The van der Waals surface area contributed by atoms with E-state index in [0.29, 0.717) is 13.0 Å². The Labute approximate surface area is 197 Å². The number of likely N-dealkylation sites (tertiary alicyclic amines) is 1. The molecular weight excluding hydrogens is 442 g/mol. The summed E-state index contributed by atoms with van der Waals surface area (Å²) in [6, 6.07) is 8.74. The number of carbonyl (C=O) groups is 3. The first kappa shape index (κ1) is 23.0. The molecule has 176 valence electrons. The molecule has 0 radical (unpaired) electrons. The summed E-state index contributed by atoms with van der Waals surface area (Å²) in [4.78, 5) is 41.5. The van der Waals surface area contributed by atoms with Gasteiger partial charge < -0.3 is 30.5 Å². The van der Waals surface area contributed by atoms with E-state index in [-0.39, 0.29) is 23.2 Å².